The fourth-order valence-corrected chi connectivity index (χ4v) is 2.62. The Morgan fingerprint density at radius 3 is 2.00 bits per heavy atom. The molecule has 0 fully saturated rings. The highest BCUT2D eigenvalue weighted by molar-refractivity contribution is 5.92. The van der Waals surface area contributed by atoms with Gasteiger partial charge in [0.15, 0.2) is 0 Å². The van der Waals surface area contributed by atoms with Gasteiger partial charge in [-0.3, -0.25) is 14.4 Å². The largest absolute Gasteiger partial charge is 0.508 e. The highest BCUT2D eigenvalue weighted by Crippen LogP contribution is 2.12. The fraction of sp³-hybridized carbons (Fsp3) is 0.474. The van der Waals surface area contributed by atoms with Crippen molar-refractivity contribution in [2.75, 3.05) is 0 Å². The lowest BCUT2D eigenvalue weighted by Gasteiger charge is -2.23. The minimum absolute atomic E-state index is 0.00827. The van der Waals surface area contributed by atoms with E-state index in [9.17, 15) is 24.3 Å². The van der Waals surface area contributed by atoms with E-state index in [0.717, 1.165) is 0 Å². The van der Waals surface area contributed by atoms with Gasteiger partial charge >= 0.3 is 11.9 Å². The second kappa shape index (κ2) is 11.0. The number of benzene rings is 1. The number of hydrogen-bond donors (Lipinski definition) is 6. The summed E-state index contributed by atoms with van der Waals surface area (Å²) in [4.78, 5) is 47.0. The van der Waals surface area contributed by atoms with Gasteiger partial charge in [0.2, 0.25) is 11.8 Å². The molecular weight excluding hydrogens is 382 g/mol. The Labute approximate surface area is 168 Å². The van der Waals surface area contributed by atoms with Crippen LogP contribution in [0, 0.1) is 5.92 Å². The van der Waals surface area contributed by atoms with Gasteiger partial charge < -0.3 is 31.7 Å². The standard InChI is InChI=1S/C19H27N3O7/c1-10(2)7-13(20)17(26)21-14(8-11-3-5-12(23)6-4-11)18(27)22-15(19(28)29)9-16(24)25/h3-6,10,13-15,23H,7-9,20H2,1-2H3,(H,21,26)(H,22,27)(H,24,25)(H,28,29)/t13-,14-,15-/m0/s1. The third-order valence-electron chi connectivity index (χ3n) is 4.06. The van der Waals surface area contributed by atoms with Gasteiger partial charge in [-0.05, 0) is 30.0 Å². The SMILES string of the molecule is CC(C)C[C@H](N)C(=O)N[C@@H](Cc1ccc(O)cc1)C(=O)N[C@@H](CC(=O)O)C(=O)O. The van der Waals surface area contributed by atoms with Gasteiger partial charge in [-0.25, -0.2) is 4.79 Å². The number of phenols is 1. The average molecular weight is 409 g/mol. The van der Waals surface area contributed by atoms with E-state index >= 15 is 0 Å². The number of carboxylic acid groups (broad SMARTS) is 2. The molecule has 0 saturated heterocycles. The Morgan fingerprint density at radius 1 is 0.966 bits per heavy atom. The molecule has 29 heavy (non-hydrogen) atoms. The molecular formula is C19H27N3O7. The van der Waals surface area contributed by atoms with E-state index in [0.29, 0.717) is 12.0 Å². The molecule has 1 aromatic rings. The molecule has 0 aliphatic heterocycles. The predicted octanol–water partition coefficient (Wildman–Crippen LogP) is -0.163. The highest BCUT2D eigenvalue weighted by Gasteiger charge is 2.29. The molecule has 10 nitrogen and oxygen atoms in total. The Morgan fingerprint density at radius 2 is 1.52 bits per heavy atom. The topological polar surface area (TPSA) is 179 Å². The summed E-state index contributed by atoms with van der Waals surface area (Å²) < 4.78 is 0. The molecule has 0 aliphatic carbocycles. The van der Waals surface area contributed by atoms with Crippen LogP contribution in [0.2, 0.25) is 0 Å². The maximum Gasteiger partial charge on any atom is 0.326 e. The van der Waals surface area contributed by atoms with Crippen molar-refractivity contribution in [1.82, 2.24) is 10.6 Å². The molecule has 7 N–H and O–H groups in total. The number of rotatable bonds is 11. The molecule has 160 valence electrons. The summed E-state index contributed by atoms with van der Waals surface area (Å²) in [6.45, 7) is 3.77. The molecule has 1 rings (SSSR count). The number of carbonyl (C=O) groups is 4. The van der Waals surface area contributed by atoms with Crippen LogP contribution < -0.4 is 16.4 Å². The molecule has 3 atom stereocenters. The van der Waals surface area contributed by atoms with Crippen molar-refractivity contribution < 1.29 is 34.5 Å². The average Bonchev–Trinajstić information content (AvgIpc) is 2.61. The van der Waals surface area contributed by atoms with Gasteiger partial charge in [0.25, 0.3) is 0 Å². The number of carboxylic acids is 2. The lowest BCUT2D eigenvalue weighted by molar-refractivity contribution is -0.147. The number of aliphatic carboxylic acids is 2. The number of nitrogens with two attached hydrogens (primary N) is 1. The Hall–Kier alpha value is -3.14. The lowest BCUT2D eigenvalue weighted by Crippen LogP contribution is -2.55. The fourth-order valence-electron chi connectivity index (χ4n) is 2.62. The number of nitrogens with one attached hydrogen (secondary N) is 2. The van der Waals surface area contributed by atoms with Gasteiger partial charge in [0.05, 0.1) is 12.5 Å². The maximum absolute atomic E-state index is 12.6. The minimum atomic E-state index is -1.65. The number of carbonyl (C=O) groups excluding carboxylic acids is 2. The molecule has 10 heteroatoms. The smallest absolute Gasteiger partial charge is 0.326 e. The van der Waals surface area contributed by atoms with E-state index in [2.05, 4.69) is 10.6 Å². The first-order valence-electron chi connectivity index (χ1n) is 9.08. The van der Waals surface area contributed by atoms with Crippen LogP contribution in [0.5, 0.6) is 5.75 Å². The Kier molecular flexibility index (Phi) is 9.07. The molecule has 0 aromatic heterocycles. The molecule has 0 heterocycles. The molecule has 0 radical (unpaired) electrons. The van der Waals surface area contributed by atoms with Crippen LogP contribution in [-0.2, 0) is 25.6 Å². The van der Waals surface area contributed by atoms with Crippen molar-refractivity contribution in [3.8, 4) is 5.75 Å². The molecule has 2 amide bonds. The molecule has 0 bridgehead atoms. The van der Waals surface area contributed by atoms with Crippen LogP contribution in [0.1, 0.15) is 32.3 Å². The van der Waals surface area contributed by atoms with Crippen molar-refractivity contribution in [2.24, 2.45) is 11.7 Å². The van der Waals surface area contributed by atoms with Crippen LogP contribution in [0.25, 0.3) is 0 Å². The third kappa shape index (κ3) is 8.60. The number of amides is 2. The van der Waals surface area contributed by atoms with Crippen LogP contribution in [0.15, 0.2) is 24.3 Å². The van der Waals surface area contributed by atoms with Crippen LogP contribution >= 0.6 is 0 Å². The van der Waals surface area contributed by atoms with Crippen molar-refractivity contribution >= 4 is 23.8 Å². The van der Waals surface area contributed by atoms with Crippen molar-refractivity contribution in [1.29, 1.82) is 0 Å². The van der Waals surface area contributed by atoms with E-state index in [1.807, 2.05) is 13.8 Å². The summed E-state index contributed by atoms with van der Waals surface area (Å²) in [7, 11) is 0. The molecule has 0 unspecified atom stereocenters. The van der Waals surface area contributed by atoms with E-state index < -0.39 is 48.3 Å². The van der Waals surface area contributed by atoms with Crippen molar-refractivity contribution in [3.63, 3.8) is 0 Å². The number of hydrogen-bond acceptors (Lipinski definition) is 6. The summed E-state index contributed by atoms with van der Waals surface area (Å²) in [6.07, 6.45) is -0.435. The van der Waals surface area contributed by atoms with E-state index in [1.165, 1.54) is 12.1 Å². The minimum Gasteiger partial charge on any atom is -0.508 e. The van der Waals surface area contributed by atoms with Crippen molar-refractivity contribution in [2.45, 2.75) is 51.2 Å². The van der Waals surface area contributed by atoms with Crippen LogP contribution in [0.3, 0.4) is 0 Å². The first-order valence-corrected chi connectivity index (χ1v) is 9.08. The zero-order chi connectivity index (χ0) is 22.1. The predicted molar refractivity (Wildman–Crippen MR) is 103 cm³/mol. The molecule has 0 saturated carbocycles. The highest BCUT2D eigenvalue weighted by atomic mass is 16.4. The zero-order valence-corrected chi connectivity index (χ0v) is 16.3. The van der Waals surface area contributed by atoms with Gasteiger partial charge in [0, 0.05) is 6.42 Å². The second-order valence-electron chi connectivity index (χ2n) is 7.17. The Balaban J connectivity index is 2.99. The second-order valence-corrected chi connectivity index (χ2v) is 7.17. The first kappa shape index (κ1) is 23.9. The summed E-state index contributed by atoms with van der Waals surface area (Å²) >= 11 is 0. The lowest BCUT2D eigenvalue weighted by atomic mass is 10.0. The third-order valence-corrected chi connectivity index (χ3v) is 4.06. The summed E-state index contributed by atoms with van der Waals surface area (Å²) in [5.74, 6) is -4.17. The zero-order valence-electron chi connectivity index (χ0n) is 16.3. The Bertz CT molecular complexity index is 734. The van der Waals surface area contributed by atoms with E-state index in [-0.39, 0.29) is 18.1 Å². The molecule has 0 aliphatic rings. The number of aromatic hydroxyl groups is 1. The van der Waals surface area contributed by atoms with Gasteiger partial charge in [-0.1, -0.05) is 26.0 Å². The maximum atomic E-state index is 12.6. The monoisotopic (exact) mass is 409 g/mol. The summed E-state index contributed by atoms with van der Waals surface area (Å²) in [6, 6.07) is 2.20. The quantitative estimate of drug-likeness (QED) is 0.292. The van der Waals surface area contributed by atoms with Gasteiger partial charge in [0.1, 0.15) is 17.8 Å². The molecule has 0 spiro atoms. The normalized spacial score (nSPS) is 13.9. The van der Waals surface area contributed by atoms with Crippen molar-refractivity contribution in [3.05, 3.63) is 29.8 Å². The van der Waals surface area contributed by atoms with E-state index in [1.54, 1.807) is 12.1 Å². The van der Waals surface area contributed by atoms with E-state index in [4.69, 9.17) is 15.9 Å². The van der Waals surface area contributed by atoms with Gasteiger partial charge in [-0.2, -0.15) is 0 Å². The summed E-state index contributed by atoms with van der Waals surface area (Å²) in [5.41, 5.74) is 6.44. The van der Waals surface area contributed by atoms with Gasteiger partial charge in [-0.15, -0.1) is 0 Å². The first-order chi connectivity index (χ1) is 13.5. The number of phenolic OH excluding ortho intramolecular Hbond substituents is 1. The summed E-state index contributed by atoms with van der Waals surface area (Å²) in [5, 5.41) is 32.0. The van der Waals surface area contributed by atoms with Crippen LogP contribution in [-0.4, -0.2) is 57.2 Å². The molecule has 1 aromatic carbocycles. The van der Waals surface area contributed by atoms with Crippen LogP contribution in [0.4, 0.5) is 0 Å².